The van der Waals surface area contributed by atoms with Crippen LogP contribution in [0.25, 0.3) is 11.3 Å². The van der Waals surface area contributed by atoms with Crippen LogP contribution in [-0.4, -0.2) is 63.1 Å². The zero-order valence-electron chi connectivity index (χ0n) is 21.3. The van der Waals surface area contributed by atoms with Gasteiger partial charge in [0.25, 0.3) is 0 Å². The van der Waals surface area contributed by atoms with Crippen molar-refractivity contribution in [3.05, 3.63) is 53.9 Å². The number of pyridine rings is 1. The van der Waals surface area contributed by atoms with E-state index in [0.717, 1.165) is 0 Å². The number of carboxylic acids is 1. The van der Waals surface area contributed by atoms with Gasteiger partial charge in [-0.1, -0.05) is 6.92 Å². The van der Waals surface area contributed by atoms with E-state index in [-0.39, 0.29) is 24.7 Å². The number of anilines is 3. The minimum absolute atomic E-state index is 0.0913. The van der Waals surface area contributed by atoms with Crippen LogP contribution in [0.3, 0.4) is 0 Å². The van der Waals surface area contributed by atoms with E-state index in [1.165, 1.54) is 24.1 Å². The van der Waals surface area contributed by atoms with Gasteiger partial charge in [0.1, 0.15) is 17.2 Å². The average Bonchev–Trinajstić information content (AvgIpc) is 3.16. The molecule has 194 valence electrons. The second kappa shape index (κ2) is 9.66. The molecule has 3 N–H and O–H groups in total. The van der Waals surface area contributed by atoms with Crippen LogP contribution in [-0.2, 0) is 10.2 Å². The molecule has 4 rings (SSSR count). The molecule has 0 radical (unpaired) electrons. The quantitative estimate of drug-likeness (QED) is 0.447. The largest absolute Gasteiger partial charge is 0.495 e. The molecule has 37 heavy (non-hydrogen) atoms. The van der Waals surface area contributed by atoms with Gasteiger partial charge in [0.05, 0.1) is 30.7 Å². The van der Waals surface area contributed by atoms with Gasteiger partial charge in [-0.3, -0.25) is 4.90 Å². The fourth-order valence-corrected chi connectivity index (χ4v) is 4.00. The maximum atomic E-state index is 12.8. The molecule has 2 aromatic heterocycles. The van der Waals surface area contributed by atoms with Gasteiger partial charge in [-0.25, -0.2) is 24.5 Å². The highest BCUT2D eigenvalue weighted by atomic mass is 16.6. The monoisotopic (exact) mass is 507 g/mol. The Morgan fingerprint density at radius 2 is 1.95 bits per heavy atom. The van der Waals surface area contributed by atoms with Crippen LogP contribution in [0.4, 0.5) is 22.2 Å². The first-order valence-corrected chi connectivity index (χ1v) is 11.6. The van der Waals surface area contributed by atoms with E-state index < -0.39 is 23.1 Å². The second-order valence-electron chi connectivity index (χ2n) is 9.99. The smallest absolute Gasteiger partial charge is 0.416 e. The molecule has 0 saturated heterocycles. The normalized spacial score (nSPS) is 16.8. The second-order valence-corrected chi connectivity index (χ2v) is 9.99. The summed E-state index contributed by atoms with van der Waals surface area (Å²) in [5.41, 5.74) is 1.12. The molecule has 1 aliphatic rings. The Morgan fingerprint density at radius 3 is 2.59 bits per heavy atom. The topological polar surface area (TPSA) is 147 Å². The first-order valence-electron chi connectivity index (χ1n) is 11.6. The van der Waals surface area contributed by atoms with Crippen molar-refractivity contribution in [3.63, 3.8) is 0 Å². The maximum Gasteiger partial charge on any atom is 0.416 e. The van der Waals surface area contributed by atoms with E-state index in [0.29, 0.717) is 34.1 Å². The molecule has 1 unspecified atom stereocenters. The van der Waals surface area contributed by atoms with Crippen molar-refractivity contribution in [2.24, 2.45) is 0 Å². The van der Waals surface area contributed by atoms with Crippen molar-refractivity contribution >= 4 is 29.5 Å². The number of rotatable bonds is 6. The number of nitrogens with zero attached hydrogens (tertiary/aromatic N) is 4. The molecule has 11 heteroatoms. The Balaban J connectivity index is 1.66. The van der Waals surface area contributed by atoms with E-state index in [4.69, 9.17) is 9.47 Å². The molecule has 0 spiro atoms. The van der Waals surface area contributed by atoms with Gasteiger partial charge in [0.2, 0.25) is 5.95 Å². The third-order valence-electron chi connectivity index (χ3n) is 5.89. The summed E-state index contributed by atoms with van der Waals surface area (Å²) in [6.45, 7) is 7.28. The number of carboxylic acid groups (broad SMARTS) is 1. The zero-order valence-corrected chi connectivity index (χ0v) is 21.3. The predicted octanol–water partition coefficient (Wildman–Crippen LogP) is 3.99. The van der Waals surface area contributed by atoms with Crippen LogP contribution in [0.15, 0.2) is 42.7 Å². The number of aliphatic hydroxyl groups excluding tert-OH is 1. The first-order chi connectivity index (χ1) is 17.4. The summed E-state index contributed by atoms with van der Waals surface area (Å²) in [5, 5.41) is 22.5. The molecular weight excluding hydrogens is 478 g/mol. The molecule has 0 bridgehead atoms. The molecule has 1 atom stereocenters. The number of fused-ring (bicyclic) bond motifs is 1. The van der Waals surface area contributed by atoms with Gasteiger partial charge in [-0.15, -0.1) is 0 Å². The average molecular weight is 508 g/mol. The lowest BCUT2D eigenvalue weighted by Gasteiger charge is -2.26. The minimum atomic E-state index is -1.06. The number of methoxy groups -OCH3 is 1. The fraction of sp³-hybridized carbons (Fsp3) is 0.346. The molecule has 11 nitrogen and oxygen atoms in total. The number of nitrogens with one attached hydrogen (secondary N) is 1. The van der Waals surface area contributed by atoms with Gasteiger partial charge >= 0.3 is 12.1 Å². The molecule has 1 amide bonds. The number of aliphatic hydroxyl groups is 1. The molecular formula is C26H29N5O6. The highest BCUT2D eigenvalue weighted by Crippen LogP contribution is 2.41. The first kappa shape index (κ1) is 25.8. The highest BCUT2D eigenvalue weighted by Gasteiger charge is 2.43. The van der Waals surface area contributed by atoms with Gasteiger partial charge in [0, 0.05) is 35.5 Å². The molecule has 0 fully saturated rings. The van der Waals surface area contributed by atoms with Crippen LogP contribution in [0, 0.1) is 0 Å². The van der Waals surface area contributed by atoms with Crippen LogP contribution < -0.4 is 15.0 Å². The lowest BCUT2D eigenvalue weighted by Crippen LogP contribution is -2.40. The number of hydrogen-bond acceptors (Lipinski definition) is 9. The molecule has 0 saturated carbocycles. The van der Waals surface area contributed by atoms with E-state index in [9.17, 15) is 19.8 Å². The number of carbonyl (C=O) groups is 2. The molecule has 3 aromatic rings. The number of aromatic nitrogens is 3. The Labute approximate surface area is 214 Å². The molecule has 1 aliphatic heterocycles. The third kappa shape index (κ3) is 5.31. The maximum absolute atomic E-state index is 12.8. The van der Waals surface area contributed by atoms with Crippen LogP contribution in [0.5, 0.6) is 5.75 Å². The van der Waals surface area contributed by atoms with Gasteiger partial charge in [-0.2, -0.15) is 0 Å². The van der Waals surface area contributed by atoms with Crippen LogP contribution in [0.1, 0.15) is 43.6 Å². The van der Waals surface area contributed by atoms with Crippen molar-refractivity contribution < 1.29 is 29.3 Å². The molecule has 0 aliphatic carbocycles. The summed E-state index contributed by atoms with van der Waals surface area (Å²) < 4.78 is 10.8. The summed E-state index contributed by atoms with van der Waals surface area (Å²) in [6.07, 6.45) is 2.66. The Morgan fingerprint density at radius 1 is 1.19 bits per heavy atom. The molecule has 3 heterocycles. The summed E-state index contributed by atoms with van der Waals surface area (Å²) in [4.78, 5) is 38.9. The standard InChI is InChI=1S/C26H29N5O6/c1-25(2,3)37-24(35)31-13-26(4,14-32)17-10-16(12-28-21(17)31)18-8-9-27-23(29-18)30-19-7-6-15(22(33)34)11-20(19)36-5/h6-12,32H,13-14H2,1-5H3,(H,33,34)(H,27,29,30). The minimum Gasteiger partial charge on any atom is -0.495 e. The number of hydrogen-bond donors (Lipinski definition) is 3. The van der Waals surface area contributed by atoms with Crippen molar-refractivity contribution in [1.82, 2.24) is 15.0 Å². The van der Waals surface area contributed by atoms with Gasteiger partial charge < -0.3 is 25.0 Å². The van der Waals surface area contributed by atoms with Crippen molar-refractivity contribution in [3.8, 4) is 17.0 Å². The Bertz CT molecular complexity index is 1360. The fourth-order valence-electron chi connectivity index (χ4n) is 4.00. The van der Waals surface area contributed by atoms with Crippen molar-refractivity contribution in [1.29, 1.82) is 0 Å². The number of ether oxygens (including phenoxy) is 2. The number of carbonyl (C=O) groups excluding carboxylic acids is 1. The highest BCUT2D eigenvalue weighted by molar-refractivity contribution is 5.91. The van der Waals surface area contributed by atoms with Gasteiger partial charge in [-0.05, 0) is 51.1 Å². The summed E-state index contributed by atoms with van der Waals surface area (Å²) in [7, 11) is 1.44. The Hall–Kier alpha value is -4.25. The zero-order chi connectivity index (χ0) is 27.0. The van der Waals surface area contributed by atoms with E-state index in [1.807, 2.05) is 13.0 Å². The summed E-state index contributed by atoms with van der Waals surface area (Å²) >= 11 is 0. The van der Waals surface area contributed by atoms with Gasteiger partial charge in [0.15, 0.2) is 0 Å². The predicted molar refractivity (Wildman–Crippen MR) is 137 cm³/mol. The number of benzene rings is 1. The third-order valence-corrected chi connectivity index (χ3v) is 5.89. The lowest BCUT2D eigenvalue weighted by molar-refractivity contribution is 0.0573. The summed E-state index contributed by atoms with van der Waals surface area (Å²) in [6, 6.07) is 8.01. The Kier molecular flexibility index (Phi) is 6.74. The van der Waals surface area contributed by atoms with Crippen LogP contribution in [0.2, 0.25) is 0 Å². The van der Waals surface area contributed by atoms with E-state index >= 15 is 0 Å². The lowest BCUT2D eigenvalue weighted by atomic mass is 9.85. The van der Waals surface area contributed by atoms with Crippen LogP contribution >= 0.6 is 0 Å². The van der Waals surface area contributed by atoms with E-state index in [1.54, 1.807) is 45.3 Å². The van der Waals surface area contributed by atoms with Crippen molar-refractivity contribution in [2.75, 3.05) is 30.5 Å². The number of aromatic carboxylic acids is 1. The van der Waals surface area contributed by atoms with E-state index in [2.05, 4.69) is 20.3 Å². The summed E-state index contributed by atoms with van der Waals surface area (Å²) in [5.74, 6) is -0.0359. The molecule has 1 aromatic carbocycles. The number of amides is 1. The SMILES string of the molecule is COc1cc(C(=O)O)ccc1Nc1nccc(-c2cnc3c(c2)C(C)(CO)CN3C(=O)OC(C)(C)C)n1. The van der Waals surface area contributed by atoms with Crippen molar-refractivity contribution in [2.45, 2.75) is 38.7 Å².